The Morgan fingerprint density at radius 1 is 1.24 bits per heavy atom. The number of carbonyl (C=O) groups is 1. The average Bonchev–Trinajstić information content (AvgIpc) is 2.48. The van der Waals surface area contributed by atoms with Crippen molar-refractivity contribution in [1.82, 2.24) is 5.32 Å². The van der Waals surface area contributed by atoms with E-state index in [0.717, 1.165) is 10.0 Å². The molecule has 2 rings (SSSR count). The topological polar surface area (TPSA) is 58.6 Å². The summed E-state index contributed by atoms with van der Waals surface area (Å²) in [4.78, 5) is 12.2. The standard InChI is InChI=1S/C16H16BrNO3/c1-10(11-6-8-12(17)9-7-11)18-16(20)13-4-3-5-14(21-2)15(13)19/h3-10,19H,1-2H3,(H,18,20)/t10-/m0/s1. The lowest BCUT2D eigenvalue weighted by atomic mass is 10.1. The van der Waals surface area contributed by atoms with Crippen molar-refractivity contribution >= 4 is 21.8 Å². The monoisotopic (exact) mass is 349 g/mol. The van der Waals surface area contributed by atoms with Gasteiger partial charge in [-0.05, 0) is 36.8 Å². The summed E-state index contributed by atoms with van der Waals surface area (Å²) in [7, 11) is 1.45. The van der Waals surface area contributed by atoms with Gasteiger partial charge in [-0.1, -0.05) is 34.1 Å². The summed E-state index contributed by atoms with van der Waals surface area (Å²) in [5.74, 6) is -0.221. The first-order chi connectivity index (χ1) is 10.0. The molecule has 0 saturated carbocycles. The average molecular weight is 350 g/mol. The van der Waals surface area contributed by atoms with Crippen LogP contribution in [0.2, 0.25) is 0 Å². The van der Waals surface area contributed by atoms with Crippen molar-refractivity contribution in [2.45, 2.75) is 13.0 Å². The van der Waals surface area contributed by atoms with E-state index in [1.807, 2.05) is 31.2 Å². The second-order valence-corrected chi connectivity index (χ2v) is 5.52. The van der Waals surface area contributed by atoms with Gasteiger partial charge in [0.25, 0.3) is 5.91 Å². The number of hydrogen-bond donors (Lipinski definition) is 2. The molecule has 0 spiro atoms. The normalized spacial score (nSPS) is 11.8. The van der Waals surface area contributed by atoms with Crippen LogP contribution in [0.4, 0.5) is 0 Å². The smallest absolute Gasteiger partial charge is 0.255 e. The maximum absolute atomic E-state index is 12.2. The zero-order chi connectivity index (χ0) is 15.4. The fourth-order valence-corrected chi connectivity index (χ4v) is 2.24. The first kappa shape index (κ1) is 15.4. The molecular weight excluding hydrogens is 334 g/mol. The number of rotatable bonds is 4. The van der Waals surface area contributed by atoms with E-state index in [0.29, 0.717) is 0 Å². The molecule has 5 heteroatoms. The molecule has 2 N–H and O–H groups in total. The van der Waals surface area contributed by atoms with Gasteiger partial charge in [0.05, 0.1) is 18.7 Å². The predicted octanol–water partition coefficient (Wildman–Crippen LogP) is 3.65. The molecule has 1 amide bonds. The molecule has 1 atom stereocenters. The molecule has 0 heterocycles. The Kier molecular flexibility index (Phi) is 4.85. The highest BCUT2D eigenvalue weighted by Crippen LogP contribution is 2.29. The lowest BCUT2D eigenvalue weighted by Gasteiger charge is -2.15. The first-order valence-electron chi connectivity index (χ1n) is 6.45. The summed E-state index contributed by atoms with van der Waals surface area (Å²) in [5.41, 5.74) is 1.17. The molecule has 0 aliphatic heterocycles. The van der Waals surface area contributed by atoms with Gasteiger partial charge in [0.15, 0.2) is 11.5 Å². The van der Waals surface area contributed by atoms with Crippen molar-refractivity contribution < 1.29 is 14.6 Å². The van der Waals surface area contributed by atoms with E-state index in [1.165, 1.54) is 7.11 Å². The summed E-state index contributed by atoms with van der Waals surface area (Å²) in [5, 5.41) is 12.8. The fraction of sp³-hybridized carbons (Fsp3) is 0.188. The van der Waals surface area contributed by atoms with Gasteiger partial charge >= 0.3 is 0 Å². The summed E-state index contributed by atoms with van der Waals surface area (Å²) in [6, 6.07) is 12.4. The Morgan fingerprint density at radius 2 is 1.90 bits per heavy atom. The van der Waals surface area contributed by atoms with Crippen molar-refractivity contribution in [3.05, 3.63) is 58.1 Å². The molecular formula is C16H16BrNO3. The van der Waals surface area contributed by atoms with Gasteiger partial charge in [0.2, 0.25) is 0 Å². The van der Waals surface area contributed by atoms with Crippen LogP contribution < -0.4 is 10.1 Å². The molecule has 0 aliphatic carbocycles. The molecule has 0 fully saturated rings. The van der Waals surface area contributed by atoms with Crippen molar-refractivity contribution in [2.24, 2.45) is 0 Å². The Bertz CT molecular complexity index is 640. The van der Waals surface area contributed by atoms with Crippen molar-refractivity contribution in [3.8, 4) is 11.5 Å². The van der Waals surface area contributed by atoms with Crippen LogP contribution in [0.3, 0.4) is 0 Å². The van der Waals surface area contributed by atoms with Crippen molar-refractivity contribution in [2.75, 3.05) is 7.11 Å². The molecule has 2 aromatic rings. The summed E-state index contributed by atoms with van der Waals surface area (Å²) in [6.07, 6.45) is 0. The largest absolute Gasteiger partial charge is 0.504 e. The third-order valence-corrected chi connectivity index (χ3v) is 3.71. The van der Waals surface area contributed by atoms with Crippen LogP contribution in [0.25, 0.3) is 0 Å². The van der Waals surface area contributed by atoms with E-state index in [-0.39, 0.29) is 29.0 Å². The molecule has 0 aliphatic rings. The molecule has 0 radical (unpaired) electrons. The van der Waals surface area contributed by atoms with Crippen LogP contribution in [0.15, 0.2) is 46.9 Å². The molecule has 0 unspecified atom stereocenters. The second kappa shape index (κ2) is 6.63. The van der Waals surface area contributed by atoms with Gasteiger partial charge in [-0.2, -0.15) is 0 Å². The lowest BCUT2D eigenvalue weighted by Crippen LogP contribution is -2.26. The van der Waals surface area contributed by atoms with Crippen LogP contribution in [-0.2, 0) is 0 Å². The number of para-hydroxylation sites is 1. The van der Waals surface area contributed by atoms with Crippen LogP contribution in [-0.4, -0.2) is 18.1 Å². The van der Waals surface area contributed by atoms with Crippen molar-refractivity contribution in [1.29, 1.82) is 0 Å². The number of aromatic hydroxyl groups is 1. The third-order valence-electron chi connectivity index (χ3n) is 3.18. The van der Waals surface area contributed by atoms with Gasteiger partial charge < -0.3 is 15.2 Å². The zero-order valence-electron chi connectivity index (χ0n) is 11.8. The van der Waals surface area contributed by atoms with Crippen LogP contribution >= 0.6 is 15.9 Å². The van der Waals surface area contributed by atoms with Crippen LogP contribution in [0, 0.1) is 0 Å². The van der Waals surface area contributed by atoms with E-state index in [9.17, 15) is 9.90 Å². The van der Waals surface area contributed by atoms with Gasteiger partial charge in [-0.25, -0.2) is 0 Å². The maximum Gasteiger partial charge on any atom is 0.255 e. The Morgan fingerprint density at radius 3 is 2.52 bits per heavy atom. The number of hydrogen-bond acceptors (Lipinski definition) is 3. The Labute approximate surface area is 131 Å². The number of phenols is 1. The van der Waals surface area contributed by atoms with Gasteiger partial charge in [-0.3, -0.25) is 4.79 Å². The molecule has 4 nitrogen and oxygen atoms in total. The minimum atomic E-state index is -0.346. The number of amides is 1. The Balaban J connectivity index is 2.16. The third kappa shape index (κ3) is 3.55. The molecule has 110 valence electrons. The number of halogens is 1. The van der Waals surface area contributed by atoms with E-state index in [4.69, 9.17) is 4.74 Å². The quantitative estimate of drug-likeness (QED) is 0.885. The first-order valence-corrected chi connectivity index (χ1v) is 7.24. The lowest BCUT2D eigenvalue weighted by molar-refractivity contribution is 0.0936. The second-order valence-electron chi connectivity index (χ2n) is 4.60. The van der Waals surface area contributed by atoms with E-state index >= 15 is 0 Å². The molecule has 0 bridgehead atoms. The van der Waals surface area contributed by atoms with E-state index in [1.54, 1.807) is 18.2 Å². The highest BCUT2D eigenvalue weighted by atomic mass is 79.9. The number of methoxy groups -OCH3 is 1. The number of carbonyl (C=O) groups excluding carboxylic acids is 1. The maximum atomic E-state index is 12.2. The highest BCUT2D eigenvalue weighted by Gasteiger charge is 2.17. The number of nitrogens with one attached hydrogen (secondary N) is 1. The molecule has 0 saturated heterocycles. The highest BCUT2D eigenvalue weighted by molar-refractivity contribution is 9.10. The van der Waals surface area contributed by atoms with Gasteiger partial charge in [0.1, 0.15) is 0 Å². The predicted molar refractivity (Wildman–Crippen MR) is 84.7 cm³/mol. The zero-order valence-corrected chi connectivity index (χ0v) is 13.3. The fourth-order valence-electron chi connectivity index (χ4n) is 1.98. The van der Waals surface area contributed by atoms with Crippen LogP contribution in [0.5, 0.6) is 11.5 Å². The number of ether oxygens (including phenoxy) is 1. The van der Waals surface area contributed by atoms with E-state index < -0.39 is 0 Å². The minimum Gasteiger partial charge on any atom is -0.504 e. The Hall–Kier alpha value is -2.01. The molecule has 0 aromatic heterocycles. The number of benzene rings is 2. The van der Waals surface area contributed by atoms with Gasteiger partial charge in [-0.15, -0.1) is 0 Å². The summed E-state index contributed by atoms with van der Waals surface area (Å²) >= 11 is 3.37. The minimum absolute atomic E-state index is 0.152. The van der Waals surface area contributed by atoms with E-state index in [2.05, 4.69) is 21.2 Å². The molecule has 21 heavy (non-hydrogen) atoms. The van der Waals surface area contributed by atoms with Crippen molar-refractivity contribution in [3.63, 3.8) is 0 Å². The summed E-state index contributed by atoms with van der Waals surface area (Å²) < 4.78 is 5.99. The van der Waals surface area contributed by atoms with Crippen LogP contribution in [0.1, 0.15) is 28.9 Å². The summed E-state index contributed by atoms with van der Waals surface area (Å²) in [6.45, 7) is 1.89. The SMILES string of the molecule is COc1cccc(C(=O)N[C@@H](C)c2ccc(Br)cc2)c1O. The van der Waals surface area contributed by atoms with Gasteiger partial charge in [0, 0.05) is 4.47 Å². The molecule has 2 aromatic carbocycles. The number of phenolic OH excluding ortho intramolecular Hbond substituents is 1.